The number of carbonyl (C=O) groups excluding carboxylic acids is 12. The fraction of sp³-hybridized carbons (Fsp3) is 0.221. The Labute approximate surface area is 783 Å². The van der Waals surface area contributed by atoms with Crippen LogP contribution in [0.15, 0.2) is 218 Å². The molecule has 0 spiro atoms. The number of hydrogen-bond donors (Lipinski definition) is 29. The zero-order chi connectivity index (χ0) is 101. The second-order valence-electron chi connectivity index (χ2n) is 32.5. The number of aromatic hydroxyl groups is 14. The number of nitrogens with two attached hydrogens (primary N) is 1. The van der Waals surface area contributed by atoms with Crippen molar-refractivity contribution in [3.05, 3.63) is 274 Å². The van der Waals surface area contributed by atoms with E-state index in [1.54, 1.807) is 18.2 Å². The Kier molecular flexibility index (Phi) is 33.6. The molecule has 0 saturated heterocycles. The van der Waals surface area contributed by atoms with Crippen molar-refractivity contribution in [2.45, 2.75) is 119 Å². The highest BCUT2D eigenvalue weighted by Gasteiger charge is 2.42. The number of carbonyl (C=O) groups is 14. The monoisotopic (exact) mass is 1900 g/mol. The third-order valence-corrected chi connectivity index (χ3v) is 21.3. The standard InChI is InChI=1S/C95H97N13O30/c1-43(2)73(99-90(132)78(50-27-59(113)37-60(114)28-50)101-84(126)72(96)46-10-18-55(109)19-11-46)85(127)106-81(53-33-65(119)40-66(120)34-53)93(135)103-77(49-16-24-58(112)25-17-49)89(131)108-82(54-35-67(121)41-68(122)36-54)94(136)104-76(48-14-22-57(111)23-15-48)88(130)107-79(51-29-61(115)38-62(116)30-51)91(133)100-74(44(3)4)86(128)105-80(52-31-63(117)39-64(118)32-52)92(134)102-75(47-12-20-56(110)21-13-47)87(129)97-69(26-45-8-6-5-7-9-45)83(125)98-70(95(137)138)42-71(123)124/h5-25,27-41,43-44,69-70,72-82,109-122H,26,42,96H2,1-4H3,(H,97,129)(H,98,125)(H,99,132)(H,100,133)(H,101,126)(H,102,134)(H,103,135)(H,104,136)(H,105,128)(H,106,127)(H,107,130)(H,108,131)(H,123,124)(H,137,138)/t69-,70-,72+,73-,74-,75-,76+,77+,78+,79+,80-,81+,82+/m1/s1. The minimum Gasteiger partial charge on any atom is -0.508 e. The van der Waals surface area contributed by atoms with E-state index in [0.29, 0.717) is 5.56 Å². The summed E-state index contributed by atoms with van der Waals surface area (Å²) in [5.74, 6) is -29.7. The summed E-state index contributed by atoms with van der Waals surface area (Å²) >= 11 is 0. The van der Waals surface area contributed by atoms with Crippen LogP contribution in [0.25, 0.3) is 0 Å². The van der Waals surface area contributed by atoms with Gasteiger partial charge in [0.25, 0.3) is 0 Å². The van der Waals surface area contributed by atoms with E-state index in [4.69, 9.17) is 5.73 Å². The fourth-order valence-electron chi connectivity index (χ4n) is 14.5. The van der Waals surface area contributed by atoms with Crippen LogP contribution in [-0.4, -0.2) is 189 Å². The second kappa shape index (κ2) is 45.4. The van der Waals surface area contributed by atoms with Gasteiger partial charge in [0.15, 0.2) is 0 Å². The minimum atomic E-state index is -2.31. The first kappa shape index (κ1) is 102. The number of hydrogen-bond acceptors (Lipinski definition) is 29. The Morgan fingerprint density at radius 3 is 0.696 bits per heavy atom. The van der Waals surface area contributed by atoms with Crippen molar-refractivity contribution in [2.75, 3.05) is 0 Å². The van der Waals surface area contributed by atoms with Gasteiger partial charge in [0.2, 0.25) is 70.9 Å². The smallest absolute Gasteiger partial charge is 0.326 e. The average molecular weight is 1900 g/mol. The molecule has 0 radical (unpaired) electrons. The number of nitrogens with one attached hydrogen (secondary N) is 12. The van der Waals surface area contributed by atoms with Crippen molar-refractivity contribution in [1.29, 1.82) is 0 Å². The van der Waals surface area contributed by atoms with E-state index in [0.717, 1.165) is 164 Å². The molecule has 0 saturated carbocycles. The first-order valence-electron chi connectivity index (χ1n) is 41.9. The third-order valence-electron chi connectivity index (χ3n) is 21.3. The van der Waals surface area contributed by atoms with Gasteiger partial charge in [-0.25, -0.2) is 4.79 Å². The van der Waals surface area contributed by atoms with Crippen LogP contribution in [0.3, 0.4) is 0 Å². The van der Waals surface area contributed by atoms with E-state index in [1.165, 1.54) is 64.1 Å². The number of benzene rings is 10. The van der Waals surface area contributed by atoms with Crippen molar-refractivity contribution in [3.63, 3.8) is 0 Å². The van der Waals surface area contributed by atoms with Gasteiger partial charge >= 0.3 is 11.9 Å². The Bertz CT molecular complexity index is 6110. The predicted octanol–water partition coefficient (Wildman–Crippen LogP) is 3.48. The van der Waals surface area contributed by atoms with Gasteiger partial charge in [0, 0.05) is 36.8 Å². The van der Waals surface area contributed by atoms with Gasteiger partial charge in [0.05, 0.1) is 6.42 Å². The van der Waals surface area contributed by atoms with Crippen LogP contribution in [0.4, 0.5) is 0 Å². The molecule has 10 rings (SSSR count). The summed E-state index contributed by atoms with van der Waals surface area (Å²) in [5, 5.41) is 199. The number of rotatable bonds is 40. The lowest BCUT2D eigenvalue weighted by Gasteiger charge is -2.30. The third kappa shape index (κ3) is 27.6. The Morgan fingerprint density at radius 1 is 0.232 bits per heavy atom. The highest BCUT2D eigenvalue weighted by atomic mass is 16.4. The topological polar surface area (TPSA) is 733 Å². The number of amides is 12. The lowest BCUT2D eigenvalue weighted by atomic mass is 9.97. The van der Waals surface area contributed by atoms with E-state index in [2.05, 4.69) is 63.8 Å². The lowest BCUT2D eigenvalue weighted by Crippen LogP contribution is -2.56. The van der Waals surface area contributed by atoms with E-state index in [1.807, 2.05) is 0 Å². The highest BCUT2D eigenvalue weighted by Crippen LogP contribution is 2.36. The molecular weight excluding hydrogens is 1800 g/mol. The number of phenolic OH excluding ortho intramolecular Hbond substituents is 14. The summed E-state index contributed by atoms with van der Waals surface area (Å²) in [5.41, 5.74) is 4.00. The molecule has 0 fully saturated rings. The molecule has 0 aliphatic carbocycles. The zero-order valence-electron chi connectivity index (χ0n) is 73.3. The van der Waals surface area contributed by atoms with Crippen LogP contribution in [0.5, 0.6) is 80.5 Å². The van der Waals surface area contributed by atoms with Gasteiger partial charge < -0.3 is 151 Å². The molecule has 43 nitrogen and oxygen atoms in total. The molecule has 12 amide bonds. The molecule has 10 aromatic rings. The summed E-state index contributed by atoms with van der Waals surface area (Å²) < 4.78 is 0. The molecule has 30 N–H and O–H groups in total. The molecule has 13 atom stereocenters. The van der Waals surface area contributed by atoms with E-state index in [-0.39, 0.29) is 45.7 Å². The molecule has 0 heterocycles. The summed E-state index contributed by atoms with van der Waals surface area (Å²) in [6.07, 6.45) is -1.49. The summed E-state index contributed by atoms with van der Waals surface area (Å²) in [6, 6.07) is 13.0. The van der Waals surface area contributed by atoms with Gasteiger partial charge in [0.1, 0.15) is 159 Å². The Morgan fingerprint density at radius 2 is 0.449 bits per heavy atom. The van der Waals surface area contributed by atoms with E-state index >= 15 is 33.6 Å². The van der Waals surface area contributed by atoms with Crippen molar-refractivity contribution in [3.8, 4) is 80.5 Å². The zero-order valence-corrected chi connectivity index (χ0v) is 73.3. The van der Waals surface area contributed by atoms with Gasteiger partial charge in [-0.05, 0) is 177 Å². The van der Waals surface area contributed by atoms with Crippen LogP contribution in [0.1, 0.15) is 144 Å². The van der Waals surface area contributed by atoms with Crippen molar-refractivity contribution < 1.29 is 149 Å². The van der Waals surface area contributed by atoms with Gasteiger partial charge in [-0.3, -0.25) is 62.3 Å². The Balaban J connectivity index is 0.957. The van der Waals surface area contributed by atoms with Crippen LogP contribution < -0.4 is 69.5 Å². The maximum atomic E-state index is 15.7. The largest absolute Gasteiger partial charge is 0.508 e. The number of carboxylic acid groups (broad SMARTS) is 2. The maximum Gasteiger partial charge on any atom is 0.326 e. The molecule has 0 aromatic heterocycles. The van der Waals surface area contributed by atoms with Crippen molar-refractivity contribution in [1.82, 2.24) is 63.8 Å². The number of phenols is 14. The van der Waals surface area contributed by atoms with Gasteiger partial charge in [-0.1, -0.05) is 107 Å². The molecule has 138 heavy (non-hydrogen) atoms. The molecule has 0 aliphatic heterocycles. The summed E-state index contributed by atoms with van der Waals surface area (Å²) in [6.45, 7) is 5.59. The normalized spacial score (nSPS) is 13.9. The molecular formula is C95H97N13O30. The highest BCUT2D eigenvalue weighted by molar-refractivity contribution is 6.02. The molecule has 722 valence electrons. The summed E-state index contributed by atoms with van der Waals surface area (Å²) in [7, 11) is 0. The lowest BCUT2D eigenvalue weighted by molar-refractivity contribution is -0.147. The SMILES string of the molecule is CC(C)[C@@H](NC(=O)[C@@H](NC(=O)[C@@H](N)c1ccc(O)cc1)c1cc(O)cc(O)c1)C(=O)N[C@H](C(=O)N[C@H](C(=O)N[C@H](C(=O)N[C@H](C(=O)N[C@H](C(=O)N[C@@H](C(=O)N[C@@H](C(=O)N[C@@H](C(=O)N[C@H](Cc1ccccc1)C(=O)N[C@H](CC(=O)O)C(=O)O)c1ccc(O)cc1)c1cc(O)cc(O)c1)C(C)C)c1cc(O)cc(O)c1)c1ccc(O)cc1)c1cc(O)cc(O)c1)c1ccc(O)cc1)c1cc(O)cc(O)c1. The number of carboxylic acids is 2. The summed E-state index contributed by atoms with van der Waals surface area (Å²) in [4.78, 5) is 204. The van der Waals surface area contributed by atoms with Gasteiger partial charge in [-0.2, -0.15) is 0 Å². The minimum absolute atomic E-state index is 0.144. The molecule has 43 heteroatoms. The molecule has 10 aromatic carbocycles. The second-order valence-corrected chi connectivity index (χ2v) is 32.5. The maximum absolute atomic E-state index is 15.7. The fourth-order valence-corrected chi connectivity index (χ4v) is 14.5. The molecule has 0 unspecified atom stereocenters. The molecule has 0 aliphatic rings. The number of aliphatic carboxylic acids is 2. The van der Waals surface area contributed by atoms with E-state index < -0.39 is 271 Å². The van der Waals surface area contributed by atoms with Crippen LogP contribution in [0, 0.1) is 11.8 Å². The quantitative estimate of drug-likeness (QED) is 0.0261. The van der Waals surface area contributed by atoms with Gasteiger partial charge in [-0.15, -0.1) is 0 Å². The van der Waals surface area contributed by atoms with Crippen LogP contribution in [-0.2, 0) is 73.5 Å². The van der Waals surface area contributed by atoms with Crippen molar-refractivity contribution >= 4 is 82.8 Å². The average Bonchev–Trinajstić information content (AvgIpc) is 0.810. The Hall–Kier alpha value is -18.1. The van der Waals surface area contributed by atoms with E-state index in [9.17, 15) is 115 Å². The molecule has 0 bridgehead atoms. The first-order valence-corrected chi connectivity index (χ1v) is 41.9. The van der Waals surface area contributed by atoms with Crippen molar-refractivity contribution in [2.24, 2.45) is 17.6 Å². The predicted molar refractivity (Wildman–Crippen MR) is 483 cm³/mol. The first-order chi connectivity index (χ1) is 65.2. The van der Waals surface area contributed by atoms with Crippen LogP contribution in [0.2, 0.25) is 0 Å². The van der Waals surface area contributed by atoms with Crippen LogP contribution >= 0.6 is 0 Å².